The molecule has 0 aromatic rings. The molecule has 0 radical (unpaired) electrons. The number of nitrogens with two attached hydrogens (primary N) is 1. The molecular weight excluding hydrogens is 218 g/mol. The van der Waals surface area contributed by atoms with Gasteiger partial charge in [0, 0.05) is 5.54 Å². The molecule has 0 heterocycles. The van der Waals surface area contributed by atoms with Crippen LogP contribution in [-0.2, 0) is 0 Å². The van der Waals surface area contributed by atoms with E-state index < -0.39 is 0 Å². The second-order valence-corrected chi connectivity index (χ2v) is 7.46. The lowest BCUT2D eigenvalue weighted by atomic mass is 9.62. The topological polar surface area (TPSA) is 26.0 Å². The summed E-state index contributed by atoms with van der Waals surface area (Å²) in [6.45, 7) is 7.10. The van der Waals surface area contributed by atoms with E-state index in [0.717, 1.165) is 23.7 Å². The molecule has 1 heteroatoms. The maximum Gasteiger partial charge on any atom is 0.0185 e. The summed E-state index contributed by atoms with van der Waals surface area (Å²) in [7, 11) is 0. The van der Waals surface area contributed by atoms with Crippen molar-refractivity contribution in [2.45, 2.75) is 84.1 Å². The first kappa shape index (κ1) is 14.4. The van der Waals surface area contributed by atoms with Crippen molar-refractivity contribution in [1.82, 2.24) is 0 Å². The Labute approximate surface area is 114 Å². The smallest absolute Gasteiger partial charge is 0.0185 e. The summed E-state index contributed by atoms with van der Waals surface area (Å²) in [5.41, 5.74) is 7.04. The quantitative estimate of drug-likeness (QED) is 0.770. The zero-order chi connectivity index (χ0) is 13.2. The van der Waals surface area contributed by atoms with E-state index in [1.807, 2.05) is 0 Å². The van der Waals surface area contributed by atoms with Crippen LogP contribution in [0.1, 0.15) is 78.6 Å². The first-order chi connectivity index (χ1) is 8.55. The second-order valence-electron chi connectivity index (χ2n) is 7.46. The maximum absolute atomic E-state index is 6.85. The molecule has 0 aliphatic heterocycles. The standard InChI is InChI=1S/C17H33N/c1-4-14-7-9-16(10-8-14)17(18)11-5-6-15(12-17)13(2)3/h13-16H,4-12,18H2,1-3H3. The van der Waals surface area contributed by atoms with Gasteiger partial charge in [-0.2, -0.15) is 0 Å². The summed E-state index contributed by atoms with van der Waals surface area (Å²) >= 11 is 0. The molecule has 2 unspecified atom stereocenters. The summed E-state index contributed by atoms with van der Waals surface area (Å²) in [5.74, 6) is 3.52. The molecule has 0 bridgehead atoms. The zero-order valence-electron chi connectivity index (χ0n) is 12.8. The van der Waals surface area contributed by atoms with Gasteiger partial charge < -0.3 is 5.73 Å². The first-order valence-corrected chi connectivity index (χ1v) is 8.34. The highest BCUT2D eigenvalue weighted by molar-refractivity contribution is 4.98. The summed E-state index contributed by atoms with van der Waals surface area (Å²) in [5, 5.41) is 0. The largest absolute Gasteiger partial charge is 0.325 e. The van der Waals surface area contributed by atoms with Gasteiger partial charge in [0.05, 0.1) is 0 Å². The van der Waals surface area contributed by atoms with Gasteiger partial charge in [-0.05, 0) is 49.4 Å². The molecule has 0 aromatic carbocycles. The summed E-state index contributed by atoms with van der Waals surface area (Å²) in [6, 6.07) is 0. The van der Waals surface area contributed by atoms with Crippen molar-refractivity contribution in [3.63, 3.8) is 0 Å². The fraction of sp³-hybridized carbons (Fsp3) is 1.00. The van der Waals surface area contributed by atoms with E-state index in [-0.39, 0.29) is 5.54 Å². The van der Waals surface area contributed by atoms with Gasteiger partial charge in [-0.3, -0.25) is 0 Å². The van der Waals surface area contributed by atoms with Gasteiger partial charge in [0.2, 0.25) is 0 Å². The highest BCUT2D eigenvalue weighted by Crippen LogP contribution is 2.45. The molecule has 2 N–H and O–H groups in total. The van der Waals surface area contributed by atoms with Crippen LogP contribution in [0.3, 0.4) is 0 Å². The maximum atomic E-state index is 6.85. The molecule has 106 valence electrons. The van der Waals surface area contributed by atoms with E-state index in [9.17, 15) is 0 Å². The van der Waals surface area contributed by atoms with Crippen LogP contribution in [0.5, 0.6) is 0 Å². The molecule has 2 aliphatic rings. The fourth-order valence-electron chi connectivity index (χ4n) is 4.47. The average molecular weight is 251 g/mol. The molecule has 0 spiro atoms. The van der Waals surface area contributed by atoms with Crippen molar-refractivity contribution in [2.75, 3.05) is 0 Å². The highest BCUT2D eigenvalue weighted by atomic mass is 14.8. The summed E-state index contributed by atoms with van der Waals surface area (Å²) in [4.78, 5) is 0. The van der Waals surface area contributed by atoms with Crippen molar-refractivity contribution < 1.29 is 0 Å². The molecule has 2 atom stereocenters. The predicted molar refractivity (Wildman–Crippen MR) is 79.5 cm³/mol. The Morgan fingerprint density at radius 2 is 1.78 bits per heavy atom. The lowest BCUT2D eigenvalue weighted by molar-refractivity contribution is 0.0911. The Bertz CT molecular complexity index is 252. The lowest BCUT2D eigenvalue weighted by Gasteiger charge is -2.47. The van der Waals surface area contributed by atoms with Gasteiger partial charge in [0.25, 0.3) is 0 Å². The monoisotopic (exact) mass is 251 g/mol. The van der Waals surface area contributed by atoms with E-state index in [0.29, 0.717) is 0 Å². The van der Waals surface area contributed by atoms with Crippen molar-refractivity contribution in [2.24, 2.45) is 29.4 Å². The number of rotatable bonds is 3. The van der Waals surface area contributed by atoms with E-state index in [2.05, 4.69) is 20.8 Å². The van der Waals surface area contributed by atoms with Crippen LogP contribution in [-0.4, -0.2) is 5.54 Å². The van der Waals surface area contributed by atoms with Crippen LogP contribution in [0.4, 0.5) is 0 Å². The molecular formula is C17H33N. The normalized spacial score (nSPS) is 42.2. The Morgan fingerprint density at radius 3 is 2.33 bits per heavy atom. The Hall–Kier alpha value is -0.0400. The molecule has 1 nitrogen and oxygen atoms in total. The minimum atomic E-state index is 0.186. The zero-order valence-corrected chi connectivity index (χ0v) is 12.8. The van der Waals surface area contributed by atoms with Gasteiger partial charge in [0.15, 0.2) is 0 Å². The first-order valence-electron chi connectivity index (χ1n) is 8.34. The van der Waals surface area contributed by atoms with Crippen molar-refractivity contribution in [3.8, 4) is 0 Å². The molecule has 0 saturated heterocycles. The minimum Gasteiger partial charge on any atom is -0.325 e. The van der Waals surface area contributed by atoms with Crippen LogP contribution in [0.15, 0.2) is 0 Å². The number of hydrogen-bond donors (Lipinski definition) is 1. The van der Waals surface area contributed by atoms with Crippen LogP contribution in [0.25, 0.3) is 0 Å². The van der Waals surface area contributed by atoms with E-state index in [1.165, 1.54) is 57.8 Å². The van der Waals surface area contributed by atoms with Crippen molar-refractivity contribution in [3.05, 3.63) is 0 Å². The van der Waals surface area contributed by atoms with Crippen LogP contribution >= 0.6 is 0 Å². The molecule has 2 fully saturated rings. The third-order valence-electron chi connectivity index (χ3n) is 6.04. The van der Waals surface area contributed by atoms with Crippen LogP contribution in [0, 0.1) is 23.7 Å². The predicted octanol–water partition coefficient (Wildman–Crippen LogP) is 4.75. The Kier molecular flexibility index (Phi) is 4.75. The molecule has 18 heavy (non-hydrogen) atoms. The third-order valence-corrected chi connectivity index (χ3v) is 6.04. The molecule has 0 aromatic heterocycles. The lowest BCUT2D eigenvalue weighted by Crippen LogP contribution is -2.52. The van der Waals surface area contributed by atoms with Crippen LogP contribution in [0.2, 0.25) is 0 Å². The SMILES string of the molecule is CCC1CCC(C2(N)CCCC(C(C)C)C2)CC1. The van der Waals surface area contributed by atoms with Crippen molar-refractivity contribution in [1.29, 1.82) is 0 Å². The van der Waals surface area contributed by atoms with Gasteiger partial charge in [-0.25, -0.2) is 0 Å². The molecule has 2 aliphatic carbocycles. The fourth-order valence-corrected chi connectivity index (χ4v) is 4.47. The minimum absolute atomic E-state index is 0.186. The van der Waals surface area contributed by atoms with Crippen molar-refractivity contribution >= 4 is 0 Å². The highest BCUT2D eigenvalue weighted by Gasteiger charge is 2.41. The Balaban J connectivity index is 1.94. The van der Waals surface area contributed by atoms with E-state index in [4.69, 9.17) is 5.73 Å². The van der Waals surface area contributed by atoms with E-state index >= 15 is 0 Å². The number of hydrogen-bond acceptors (Lipinski definition) is 1. The van der Waals surface area contributed by atoms with Gasteiger partial charge in [-0.1, -0.05) is 52.9 Å². The van der Waals surface area contributed by atoms with Gasteiger partial charge in [-0.15, -0.1) is 0 Å². The second kappa shape index (κ2) is 5.94. The summed E-state index contributed by atoms with van der Waals surface area (Å²) < 4.78 is 0. The third kappa shape index (κ3) is 3.10. The van der Waals surface area contributed by atoms with Gasteiger partial charge in [0.1, 0.15) is 0 Å². The van der Waals surface area contributed by atoms with Gasteiger partial charge >= 0.3 is 0 Å². The Morgan fingerprint density at radius 1 is 1.11 bits per heavy atom. The van der Waals surface area contributed by atoms with Crippen LogP contribution < -0.4 is 5.73 Å². The molecule has 2 saturated carbocycles. The summed E-state index contributed by atoms with van der Waals surface area (Å²) in [6.07, 6.45) is 12.4. The van der Waals surface area contributed by atoms with E-state index in [1.54, 1.807) is 0 Å². The molecule has 0 amide bonds. The molecule has 2 rings (SSSR count). The average Bonchev–Trinajstić information content (AvgIpc) is 2.39.